The number of hydrogen-bond acceptors (Lipinski definition) is 4. The van der Waals surface area contributed by atoms with E-state index in [9.17, 15) is 9.11 Å². The second-order valence-electron chi connectivity index (χ2n) is 5.57. The lowest BCUT2D eigenvalue weighted by Gasteiger charge is -2.33. The van der Waals surface area contributed by atoms with Gasteiger partial charge in [-0.3, -0.25) is 9.11 Å². The van der Waals surface area contributed by atoms with Gasteiger partial charge in [0.05, 0.1) is 12.0 Å². The van der Waals surface area contributed by atoms with Crippen molar-refractivity contribution in [3.05, 3.63) is 47.5 Å². The first kappa shape index (κ1) is 17.8. The number of rotatable bonds is 6. The molecule has 0 spiro atoms. The molecule has 2 rings (SSSR count). The average Bonchev–Trinajstić information content (AvgIpc) is 2.53. The van der Waals surface area contributed by atoms with Crippen molar-refractivity contribution in [2.45, 2.75) is 32.1 Å². The lowest BCUT2D eigenvalue weighted by Crippen LogP contribution is -2.20. The minimum atomic E-state index is -2.95. The average molecular weight is 335 g/mol. The fraction of sp³-hybridized carbons (Fsp3) is 0.333. The maximum absolute atomic E-state index is 10.3. The fourth-order valence-electron chi connectivity index (χ4n) is 2.58. The first-order valence-electron chi connectivity index (χ1n) is 7.68. The second-order valence-corrected chi connectivity index (χ2v) is 7.43. The molecule has 0 saturated carbocycles. The molecule has 0 bridgehead atoms. The maximum atomic E-state index is 10.3. The Morgan fingerprint density at radius 2 is 1.83 bits per heavy atom. The van der Waals surface area contributed by atoms with Gasteiger partial charge in [-0.15, -0.1) is 10.8 Å². The molecule has 3 N–H and O–H groups in total. The molecule has 0 aliphatic carbocycles. The van der Waals surface area contributed by atoms with Crippen LogP contribution in [0.25, 0.3) is 11.1 Å². The van der Waals surface area contributed by atoms with E-state index >= 15 is 0 Å². The fourth-order valence-corrected chi connectivity index (χ4v) is 3.83. The maximum Gasteiger partial charge on any atom is 0.126 e. The zero-order valence-electron chi connectivity index (χ0n) is 14.1. The van der Waals surface area contributed by atoms with Crippen LogP contribution in [0.1, 0.15) is 24.5 Å². The van der Waals surface area contributed by atoms with Gasteiger partial charge in [-0.05, 0) is 55.2 Å². The summed E-state index contributed by atoms with van der Waals surface area (Å²) in [5.74, 6) is 0.816. The Morgan fingerprint density at radius 1 is 1.09 bits per heavy atom. The van der Waals surface area contributed by atoms with Crippen molar-refractivity contribution in [3.8, 4) is 16.9 Å². The minimum Gasteiger partial charge on any atom is -0.496 e. The number of nitrogens with one attached hydrogen (secondary N) is 1. The molecular formula is C18H25NO3S. The minimum absolute atomic E-state index is 0.514. The summed E-state index contributed by atoms with van der Waals surface area (Å²) < 4.78 is 28.8. The van der Waals surface area contributed by atoms with Crippen molar-refractivity contribution >= 4 is 10.8 Å². The summed E-state index contributed by atoms with van der Waals surface area (Å²) in [4.78, 5) is 0.514. The highest BCUT2D eigenvalue weighted by atomic mass is 32.3. The van der Waals surface area contributed by atoms with E-state index in [0.29, 0.717) is 11.4 Å². The number of aryl methyl sites for hydroxylation is 2. The van der Waals surface area contributed by atoms with Crippen molar-refractivity contribution in [1.82, 2.24) is 4.72 Å². The van der Waals surface area contributed by atoms with E-state index in [4.69, 9.17) is 4.74 Å². The van der Waals surface area contributed by atoms with Crippen molar-refractivity contribution in [2.75, 3.05) is 13.7 Å². The number of methoxy groups -OCH3 is 1. The summed E-state index contributed by atoms with van der Waals surface area (Å²) in [6, 6.07) is 11.5. The molecule has 0 heterocycles. The van der Waals surface area contributed by atoms with Crippen LogP contribution in [-0.2, 0) is 0 Å². The Morgan fingerprint density at radius 3 is 2.43 bits per heavy atom. The number of benzene rings is 2. The zero-order valence-corrected chi connectivity index (χ0v) is 14.9. The molecule has 0 saturated heterocycles. The Balaban J connectivity index is 2.45. The molecule has 23 heavy (non-hydrogen) atoms. The van der Waals surface area contributed by atoms with Gasteiger partial charge in [-0.1, -0.05) is 25.1 Å². The number of ether oxygens (including phenoxy) is 1. The van der Waals surface area contributed by atoms with Crippen molar-refractivity contribution in [3.63, 3.8) is 0 Å². The molecule has 0 radical (unpaired) electrons. The predicted molar refractivity (Wildman–Crippen MR) is 97.3 cm³/mol. The summed E-state index contributed by atoms with van der Waals surface area (Å²) in [6.07, 6.45) is 0.841. The van der Waals surface area contributed by atoms with Crippen molar-refractivity contribution < 1.29 is 13.8 Å². The molecule has 5 heteroatoms. The monoisotopic (exact) mass is 335 g/mol. The highest BCUT2D eigenvalue weighted by Gasteiger charge is 2.17. The largest absolute Gasteiger partial charge is 0.496 e. The van der Waals surface area contributed by atoms with Gasteiger partial charge >= 0.3 is 0 Å². The summed E-state index contributed by atoms with van der Waals surface area (Å²) in [6.45, 7) is 6.57. The third-order valence-electron chi connectivity index (χ3n) is 3.80. The Kier molecular flexibility index (Phi) is 5.70. The van der Waals surface area contributed by atoms with Crippen LogP contribution in [0.5, 0.6) is 5.75 Å². The molecule has 0 aromatic heterocycles. The van der Waals surface area contributed by atoms with Gasteiger partial charge in [-0.25, -0.2) is 4.72 Å². The molecule has 2 aromatic rings. The summed E-state index contributed by atoms with van der Waals surface area (Å²) in [5, 5.41) is 0. The summed E-state index contributed by atoms with van der Waals surface area (Å²) >= 11 is 0. The molecule has 0 aliphatic rings. The van der Waals surface area contributed by atoms with Gasteiger partial charge < -0.3 is 4.74 Å². The van der Waals surface area contributed by atoms with Gasteiger partial charge in [-0.2, -0.15) is 0 Å². The molecule has 2 aromatic carbocycles. The van der Waals surface area contributed by atoms with Gasteiger partial charge in [0.1, 0.15) is 5.75 Å². The van der Waals surface area contributed by atoms with Crippen LogP contribution >= 0.6 is 10.8 Å². The van der Waals surface area contributed by atoms with E-state index in [1.807, 2.05) is 51.1 Å². The normalized spacial score (nSPS) is 12.3. The van der Waals surface area contributed by atoms with Crippen LogP contribution in [0.3, 0.4) is 0 Å². The highest BCUT2D eigenvalue weighted by Crippen LogP contribution is 2.46. The zero-order chi connectivity index (χ0) is 17.0. The van der Waals surface area contributed by atoms with Crippen LogP contribution < -0.4 is 9.46 Å². The molecule has 4 nitrogen and oxygen atoms in total. The Labute approximate surface area is 140 Å². The smallest absolute Gasteiger partial charge is 0.126 e. The van der Waals surface area contributed by atoms with E-state index in [1.54, 1.807) is 13.2 Å². The van der Waals surface area contributed by atoms with Gasteiger partial charge in [0.15, 0.2) is 0 Å². The van der Waals surface area contributed by atoms with Crippen LogP contribution in [0.15, 0.2) is 41.3 Å². The van der Waals surface area contributed by atoms with E-state index in [0.717, 1.165) is 34.4 Å². The van der Waals surface area contributed by atoms with Crippen LogP contribution in [-0.4, -0.2) is 22.8 Å². The van der Waals surface area contributed by atoms with Gasteiger partial charge in [0.25, 0.3) is 0 Å². The highest BCUT2D eigenvalue weighted by molar-refractivity contribution is 8.22. The molecular weight excluding hydrogens is 310 g/mol. The van der Waals surface area contributed by atoms with Crippen molar-refractivity contribution in [2.24, 2.45) is 0 Å². The van der Waals surface area contributed by atoms with Crippen LogP contribution in [0.2, 0.25) is 0 Å². The Bertz CT molecular complexity index is 686. The van der Waals surface area contributed by atoms with Crippen LogP contribution in [0.4, 0.5) is 0 Å². The van der Waals surface area contributed by atoms with E-state index in [1.165, 1.54) is 0 Å². The van der Waals surface area contributed by atoms with E-state index in [-0.39, 0.29) is 0 Å². The SMILES string of the molecule is CCCNS(O)(O)c1ccc(-c2c(C)cccc2OC)c(C)c1. The first-order chi connectivity index (χ1) is 10.9. The molecule has 0 amide bonds. The predicted octanol–water partition coefficient (Wildman–Crippen LogP) is 5.00. The Hall–Kier alpha value is -1.53. The molecule has 0 fully saturated rings. The topological polar surface area (TPSA) is 61.7 Å². The van der Waals surface area contributed by atoms with E-state index in [2.05, 4.69) is 4.72 Å². The lowest BCUT2D eigenvalue weighted by molar-refractivity contribution is 0.416. The molecule has 126 valence electrons. The van der Waals surface area contributed by atoms with E-state index < -0.39 is 10.8 Å². The summed E-state index contributed by atoms with van der Waals surface area (Å²) in [7, 11) is -1.29. The second kappa shape index (κ2) is 7.36. The van der Waals surface area contributed by atoms with Gasteiger partial charge in [0, 0.05) is 12.1 Å². The quantitative estimate of drug-likeness (QED) is 0.695. The molecule has 0 atom stereocenters. The van der Waals surface area contributed by atoms with Crippen LogP contribution in [0, 0.1) is 13.8 Å². The molecule has 0 aliphatic heterocycles. The third kappa shape index (κ3) is 3.87. The number of hydrogen-bond donors (Lipinski definition) is 3. The standard InChI is InChI=1S/C18H25NO3S/c1-5-11-19-23(20,21)15-9-10-16(14(3)12-15)18-13(2)7-6-8-17(18)22-4/h6-10,12,19-21H,5,11H2,1-4H3. The third-order valence-corrected chi connectivity index (χ3v) is 5.32. The lowest BCUT2D eigenvalue weighted by atomic mass is 9.96. The first-order valence-corrected chi connectivity index (χ1v) is 9.23. The van der Waals surface area contributed by atoms with Crippen molar-refractivity contribution in [1.29, 1.82) is 0 Å². The van der Waals surface area contributed by atoms with Gasteiger partial charge in [0.2, 0.25) is 0 Å². The molecule has 0 unspecified atom stereocenters. The summed E-state index contributed by atoms with van der Waals surface area (Å²) in [5.41, 5.74) is 4.18.